The quantitative estimate of drug-likeness (QED) is 0.0375. The van der Waals surface area contributed by atoms with E-state index in [9.17, 15) is 127 Å². The van der Waals surface area contributed by atoms with Gasteiger partial charge in [0.2, 0.25) is 0 Å². The van der Waals surface area contributed by atoms with E-state index in [-0.39, 0.29) is 23.7 Å². The van der Waals surface area contributed by atoms with Crippen LogP contribution in [0.25, 0.3) is 0 Å². The average molecular weight is 1780 g/mol. The molecule has 0 bridgehead atoms. The van der Waals surface area contributed by atoms with Gasteiger partial charge in [-0.2, -0.15) is 0 Å². The highest BCUT2D eigenvalue weighted by Crippen LogP contribution is 2.75. The van der Waals surface area contributed by atoms with Crippen molar-refractivity contribution in [2.75, 3.05) is 33.0 Å². The Hall–Kier alpha value is -2.43. The molecular weight excluding hydrogens is 1650 g/mol. The second-order valence-corrected chi connectivity index (χ2v) is 38.5. The number of allylic oxidation sites excluding steroid dienone is 2. The van der Waals surface area contributed by atoms with Crippen LogP contribution < -0.4 is 0 Å². The van der Waals surface area contributed by atoms with Crippen molar-refractivity contribution < 1.29 is 213 Å². The number of fused-ring (bicyclic) bond motifs is 7. The lowest BCUT2D eigenvalue weighted by Crippen LogP contribution is -2.71. The highest BCUT2D eigenvalue weighted by Gasteiger charge is 2.72. The molecule has 123 heavy (non-hydrogen) atoms. The molecule has 14 rings (SSSR count). The Morgan fingerprint density at radius 2 is 0.797 bits per heavy atom. The molecule has 0 spiro atoms. The first-order chi connectivity index (χ1) is 57.7. The minimum atomic E-state index is -2.38. The van der Waals surface area contributed by atoms with Crippen molar-refractivity contribution in [3.8, 4) is 0 Å². The smallest absolute Gasteiger partial charge is 0.310 e. The Kier molecular flexibility index (Phi) is 29.0. The highest BCUT2D eigenvalue weighted by molar-refractivity contribution is 5.76. The third-order valence-corrected chi connectivity index (χ3v) is 30.3. The van der Waals surface area contributed by atoms with Crippen LogP contribution >= 0.6 is 0 Å². The maximum absolute atomic E-state index is 13.4. The third kappa shape index (κ3) is 17.4. The normalized spacial score (nSPS) is 56.4. The number of aliphatic carboxylic acids is 1. The topological polar surface area (TPSA) is 669 Å². The second-order valence-electron chi connectivity index (χ2n) is 38.5. The largest absolute Gasteiger partial charge is 0.481 e. The zero-order chi connectivity index (χ0) is 89.6. The molecule has 52 unspecified atom stereocenters. The summed E-state index contributed by atoms with van der Waals surface area (Å²) >= 11 is 0. The van der Waals surface area contributed by atoms with Crippen LogP contribution in [0.2, 0.25) is 0 Å². The minimum Gasteiger partial charge on any atom is -0.481 e. The average Bonchev–Trinajstić information content (AvgIpc) is 0.672. The van der Waals surface area contributed by atoms with Crippen LogP contribution in [0, 0.1) is 44.8 Å². The van der Waals surface area contributed by atoms with Gasteiger partial charge < -0.3 is 208 Å². The molecule has 43 nitrogen and oxygen atoms in total. The van der Waals surface area contributed by atoms with Gasteiger partial charge in [0.15, 0.2) is 56.6 Å². The number of rotatable bonds is 21. The molecule has 24 N–H and O–H groups in total. The van der Waals surface area contributed by atoms with Gasteiger partial charge in [-0.05, 0) is 132 Å². The van der Waals surface area contributed by atoms with Crippen molar-refractivity contribution in [2.45, 2.75) is 403 Å². The zero-order valence-corrected chi connectivity index (χ0v) is 70.1. The molecule has 52 atom stereocenters. The first-order valence-corrected chi connectivity index (χ1v) is 42.9. The number of aliphatic hydroxyl groups is 23. The molecule has 5 aliphatic carbocycles. The lowest BCUT2D eigenvalue weighted by Gasteiger charge is -2.71. The summed E-state index contributed by atoms with van der Waals surface area (Å²) in [6.07, 6.45) is -76.5. The first kappa shape index (κ1) is 96.6. The molecule has 0 amide bonds. The second kappa shape index (κ2) is 36.9. The molecule has 9 heterocycles. The van der Waals surface area contributed by atoms with E-state index in [1.807, 2.05) is 0 Å². The Morgan fingerprint density at radius 3 is 1.40 bits per heavy atom. The molecule has 0 aromatic carbocycles. The summed E-state index contributed by atoms with van der Waals surface area (Å²) in [7, 11) is 0. The van der Waals surface area contributed by atoms with Crippen molar-refractivity contribution in [3.63, 3.8) is 0 Å². The van der Waals surface area contributed by atoms with Gasteiger partial charge in [-0.1, -0.05) is 46.3 Å². The first-order valence-electron chi connectivity index (χ1n) is 42.9. The third-order valence-electron chi connectivity index (χ3n) is 30.3. The van der Waals surface area contributed by atoms with Crippen LogP contribution in [0.15, 0.2) is 11.6 Å². The fourth-order valence-electron chi connectivity index (χ4n) is 22.8. The van der Waals surface area contributed by atoms with Crippen molar-refractivity contribution in [3.05, 3.63) is 11.6 Å². The highest BCUT2D eigenvalue weighted by atomic mass is 16.8. The number of hydrogen-bond donors (Lipinski definition) is 24. The number of carboxylic acid groups (broad SMARTS) is 1. The predicted molar refractivity (Wildman–Crippen MR) is 401 cm³/mol. The Bertz CT molecular complexity index is 3570. The van der Waals surface area contributed by atoms with E-state index in [0.29, 0.717) is 44.9 Å². The Labute approximate surface area is 708 Å². The monoisotopic (exact) mass is 1780 g/mol. The lowest BCUT2D eigenvalue weighted by atomic mass is 9.34. The zero-order valence-electron chi connectivity index (χ0n) is 70.1. The van der Waals surface area contributed by atoms with Crippen molar-refractivity contribution in [1.82, 2.24) is 0 Å². The van der Waals surface area contributed by atoms with Crippen LogP contribution in [0.1, 0.15) is 127 Å². The minimum absolute atomic E-state index is 0.0554. The van der Waals surface area contributed by atoms with Crippen LogP contribution in [0.3, 0.4) is 0 Å². The number of carboxylic acids is 1. The molecule has 0 radical (unpaired) electrons. The molecule has 4 saturated carbocycles. The summed E-state index contributed by atoms with van der Waals surface area (Å²) in [5.74, 6) is -1.73. The summed E-state index contributed by atoms with van der Waals surface area (Å²) in [6, 6.07) is 0. The number of ether oxygens (including phenoxy) is 18. The molecule has 708 valence electrons. The van der Waals surface area contributed by atoms with Gasteiger partial charge in [0.1, 0.15) is 183 Å². The van der Waals surface area contributed by atoms with Crippen LogP contribution in [0.5, 0.6) is 0 Å². The van der Waals surface area contributed by atoms with E-state index in [2.05, 4.69) is 40.7 Å². The Morgan fingerprint density at radius 1 is 0.374 bits per heavy atom. The van der Waals surface area contributed by atoms with Gasteiger partial charge in [0, 0.05) is 0 Å². The van der Waals surface area contributed by atoms with Gasteiger partial charge >= 0.3 is 5.97 Å². The molecular formula is C80H130O43. The molecule has 9 aliphatic heterocycles. The van der Waals surface area contributed by atoms with Crippen LogP contribution in [0.4, 0.5) is 0 Å². The van der Waals surface area contributed by atoms with Gasteiger partial charge in [0.25, 0.3) is 0 Å². The summed E-state index contributed by atoms with van der Waals surface area (Å²) < 4.78 is 110. The van der Waals surface area contributed by atoms with Gasteiger partial charge in [-0.15, -0.1) is 0 Å². The maximum atomic E-state index is 13.4. The van der Waals surface area contributed by atoms with Gasteiger partial charge in [-0.25, -0.2) is 0 Å². The fraction of sp³-hybridized carbons (Fsp3) is 0.963. The lowest BCUT2D eigenvalue weighted by molar-refractivity contribution is -0.416. The van der Waals surface area contributed by atoms with E-state index in [1.54, 1.807) is 0 Å². The Balaban J connectivity index is 0.761. The molecule has 13 fully saturated rings. The van der Waals surface area contributed by atoms with Crippen molar-refractivity contribution in [2.24, 2.45) is 44.8 Å². The summed E-state index contributed by atoms with van der Waals surface area (Å²) in [5.41, 5.74) is -3.47. The molecule has 43 heteroatoms. The maximum Gasteiger partial charge on any atom is 0.310 e. The standard InChI is InChI=1S/C80H130O43/c1-26-40(87)45(92)49(96)68(109-26)118-59-35(86)25-108-67(53(59)100)120-62-55(102)71(112-29(4)57(62)116-66-52(99)58(34(85)24-107-66)117-65-48(95)42(89)33(84)23-106-65)121-61-41(88)27(2)110-73(63(61)122-69-51(98)47(94)56(28(3)111-69)115-70-50(97)46(93)43(90)36(21-81)113-70)119-60-44(91)37(22-82)114-72(54(60)101)123-64-32(83)20-76(7)38-12-11-30-31-19-75(5,6)15-17-80(31,74(103)104)18-16-77(30,8)78(38,9)14-13-39(76)79(64,10)105/h11,26-29,31-73,81-102,105H,12-25H2,1-10H3,(H,103,104). The van der Waals surface area contributed by atoms with E-state index in [4.69, 9.17) is 85.3 Å². The summed E-state index contributed by atoms with van der Waals surface area (Å²) in [4.78, 5) is 13.4. The molecule has 0 aromatic heterocycles. The fourth-order valence-corrected chi connectivity index (χ4v) is 22.8. The van der Waals surface area contributed by atoms with Crippen molar-refractivity contribution >= 4 is 5.97 Å². The number of hydrogen-bond acceptors (Lipinski definition) is 42. The van der Waals surface area contributed by atoms with E-state index >= 15 is 0 Å². The summed E-state index contributed by atoms with van der Waals surface area (Å²) in [5, 5.41) is 275. The van der Waals surface area contributed by atoms with E-state index in [0.717, 1.165) is 12.0 Å². The SMILES string of the molecule is CC1OC(OC2C(O)COC(OC3C(O)C(OC4C(O)C(C)OC(OC5C(O)C(CO)OC(OC6C(O)CC7(C)C(CCC8(C)C7CC=C7C9CC(C)(C)CCC9(C(=O)O)CCC78C)C6(C)O)C5O)C4OC4OC(C)C(OC5OC(CO)C(O)C(O)C5O)C(O)C4O)OC(C)C3OC3OCC(O)C(OC4OCC(O)C(O)C4O)C3O)C2O)C(O)C(O)C1O. The van der Waals surface area contributed by atoms with E-state index in [1.165, 1.54) is 34.6 Å². The van der Waals surface area contributed by atoms with Crippen molar-refractivity contribution in [1.29, 1.82) is 0 Å². The van der Waals surface area contributed by atoms with E-state index < -0.39 is 342 Å². The molecule has 9 saturated heterocycles. The number of aliphatic hydroxyl groups excluding tert-OH is 22. The number of carbonyl (C=O) groups is 1. The van der Waals surface area contributed by atoms with Crippen LogP contribution in [-0.2, 0) is 90.1 Å². The van der Waals surface area contributed by atoms with Gasteiger partial charge in [-0.3, -0.25) is 4.79 Å². The molecule has 0 aromatic rings. The predicted octanol–water partition coefficient (Wildman–Crippen LogP) is -8.63. The van der Waals surface area contributed by atoms with Crippen LogP contribution in [-0.4, -0.2) is 437 Å². The summed E-state index contributed by atoms with van der Waals surface area (Å²) in [6.45, 7) is 13.7. The molecule has 14 aliphatic rings. The van der Waals surface area contributed by atoms with Gasteiger partial charge in [0.05, 0.1) is 74.6 Å².